The zero-order valence-corrected chi connectivity index (χ0v) is 11.6. The summed E-state index contributed by atoms with van der Waals surface area (Å²) in [6, 6.07) is 6.16. The quantitative estimate of drug-likeness (QED) is 0.471. The van der Waals surface area contributed by atoms with E-state index in [0.717, 1.165) is 5.56 Å². The Morgan fingerprint density at radius 1 is 1.38 bits per heavy atom. The van der Waals surface area contributed by atoms with Crippen LogP contribution in [-0.2, 0) is 17.7 Å². The molecule has 8 heteroatoms. The molecule has 0 saturated heterocycles. The Bertz CT molecular complexity index is 663. The minimum absolute atomic E-state index is 0.0308. The van der Waals surface area contributed by atoms with Crippen LogP contribution in [-0.4, -0.2) is 33.0 Å². The molecule has 0 bridgehead atoms. The molecular formula is C13H14N4O4. The number of hydrogen-bond donors (Lipinski definition) is 0. The molecule has 0 N–H and O–H groups in total. The first-order valence-corrected chi connectivity index (χ1v) is 6.30. The summed E-state index contributed by atoms with van der Waals surface area (Å²) in [5.41, 5.74) is 1.72. The van der Waals surface area contributed by atoms with Crippen LogP contribution in [0.2, 0.25) is 0 Å². The second-order valence-electron chi connectivity index (χ2n) is 4.31. The summed E-state index contributed by atoms with van der Waals surface area (Å²) in [5, 5.41) is 18.4. The fourth-order valence-corrected chi connectivity index (χ4v) is 1.96. The predicted octanol–water partition coefficient (Wildman–Crippen LogP) is 1.58. The van der Waals surface area contributed by atoms with Gasteiger partial charge in [0.1, 0.15) is 0 Å². The standard InChI is InChI=1S/C13H14N4O4/c1-3-11-12(13(18)21-2)14-15-16(11)8-9-4-6-10(7-5-9)17(19)20/h4-7H,3,8H2,1-2H3. The first-order chi connectivity index (χ1) is 10.1. The van der Waals surface area contributed by atoms with Crippen molar-refractivity contribution in [2.75, 3.05) is 7.11 Å². The van der Waals surface area contributed by atoms with Crippen LogP contribution in [0.5, 0.6) is 0 Å². The van der Waals surface area contributed by atoms with Crippen LogP contribution in [0.4, 0.5) is 5.69 Å². The summed E-state index contributed by atoms with van der Waals surface area (Å²) in [6.45, 7) is 2.27. The van der Waals surface area contributed by atoms with E-state index in [1.54, 1.807) is 16.8 Å². The number of nitro benzene ring substituents is 1. The van der Waals surface area contributed by atoms with Gasteiger partial charge in [0, 0.05) is 12.1 Å². The third-order valence-corrected chi connectivity index (χ3v) is 3.03. The summed E-state index contributed by atoms with van der Waals surface area (Å²) >= 11 is 0. The van der Waals surface area contributed by atoms with Gasteiger partial charge in [-0.2, -0.15) is 0 Å². The minimum Gasteiger partial charge on any atom is -0.464 e. The molecule has 0 aliphatic carbocycles. The molecule has 0 atom stereocenters. The molecule has 21 heavy (non-hydrogen) atoms. The Labute approximate surface area is 120 Å². The minimum atomic E-state index is -0.526. The molecule has 2 rings (SSSR count). The van der Waals surface area contributed by atoms with Crippen molar-refractivity contribution in [1.29, 1.82) is 0 Å². The van der Waals surface area contributed by atoms with Gasteiger partial charge in [-0.05, 0) is 12.0 Å². The van der Waals surface area contributed by atoms with Gasteiger partial charge in [0.2, 0.25) is 0 Å². The number of carbonyl (C=O) groups is 1. The number of non-ortho nitro benzene ring substituents is 1. The molecule has 0 radical (unpaired) electrons. The number of nitro groups is 1. The van der Waals surface area contributed by atoms with Crippen molar-refractivity contribution in [2.45, 2.75) is 19.9 Å². The Morgan fingerprint density at radius 3 is 2.57 bits per heavy atom. The molecule has 110 valence electrons. The number of esters is 1. The van der Waals surface area contributed by atoms with Gasteiger partial charge in [-0.15, -0.1) is 5.10 Å². The Balaban J connectivity index is 2.25. The lowest BCUT2D eigenvalue weighted by atomic mass is 10.2. The zero-order chi connectivity index (χ0) is 15.4. The van der Waals surface area contributed by atoms with Crippen molar-refractivity contribution in [3.63, 3.8) is 0 Å². The van der Waals surface area contributed by atoms with Crippen molar-refractivity contribution in [2.24, 2.45) is 0 Å². The fourth-order valence-electron chi connectivity index (χ4n) is 1.96. The Morgan fingerprint density at radius 2 is 2.05 bits per heavy atom. The smallest absolute Gasteiger partial charge is 0.360 e. The second-order valence-corrected chi connectivity index (χ2v) is 4.31. The molecule has 1 heterocycles. The number of benzene rings is 1. The van der Waals surface area contributed by atoms with Crippen LogP contribution < -0.4 is 0 Å². The van der Waals surface area contributed by atoms with Crippen molar-refractivity contribution < 1.29 is 14.5 Å². The van der Waals surface area contributed by atoms with Crippen LogP contribution in [0.25, 0.3) is 0 Å². The zero-order valence-electron chi connectivity index (χ0n) is 11.6. The monoisotopic (exact) mass is 290 g/mol. The molecular weight excluding hydrogens is 276 g/mol. The highest BCUT2D eigenvalue weighted by Gasteiger charge is 2.19. The number of methoxy groups -OCH3 is 1. The molecule has 1 aromatic carbocycles. The molecule has 2 aromatic rings. The van der Waals surface area contributed by atoms with Crippen LogP contribution in [0, 0.1) is 10.1 Å². The third kappa shape index (κ3) is 3.04. The van der Waals surface area contributed by atoms with Gasteiger partial charge in [-0.25, -0.2) is 9.48 Å². The maximum absolute atomic E-state index is 11.6. The first-order valence-electron chi connectivity index (χ1n) is 6.30. The van der Waals surface area contributed by atoms with E-state index in [9.17, 15) is 14.9 Å². The van der Waals surface area contributed by atoms with Gasteiger partial charge >= 0.3 is 5.97 Å². The van der Waals surface area contributed by atoms with Crippen molar-refractivity contribution in [3.05, 3.63) is 51.3 Å². The van der Waals surface area contributed by atoms with Crippen LogP contribution >= 0.6 is 0 Å². The number of nitrogens with zero attached hydrogens (tertiary/aromatic N) is 4. The summed E-state index contributed by atoms with van der Waals surface area (Å²) in [5.74, 6) is -0.526. The number of rotatable bonds is 5. The molecule has 0 saturated carbocycles. The fraction of sp³-hybridized carbons (Fsp3) is 0.308. The number of ether oxygens (including phenoxy) is 1. The van der Waals surface area contributed by atoms with Gasteiger partial charge in [0.25, 0.3) is 5.69 Å². The van der Waals surface area contributed by atoms with Gasteiger partial charge in [0.15, 0.2) is 5.69 Å². The van der Waals surface area contributed by atoms with Gasteiger partial charge in [-0.3, -0.25) is 10.1 Å². The van der Waals surface area contributed by atoms with Gasteiger partial charge in [0.05, 0.1) is 24.3 Å². The Kier molecular flexibility index (Phi) is 4.27. The molecule has 0 aliphatic heterocycles. The topological polar surface area (TPSA) is 100 Å². The molecule has 0 aliphatic rings. The predicted molar refractivity (Wildman–Crippen MR) is 72.9 cm³/mol. The maximum Gasteiger partial charge on any atom is 0.360 e. The highest BCUT2D eigenvalue weighted by atomic mass is 16.6. The maximum atomic E-state index is 11.6. The van der Waals surface area contributed by atoms with Crippen LogP contribution in [0.3, 0.4) is 0 Å². The average molecular weight is 290 g/mol. The van der Waals surface area contributed by atoms with E-state index >= 15 is 0 Å². The third-order valence-electron chi connectivity index (χ3n) is 3.03. The van der Waals surface area contributed by atoms with E-state index < -0.39 is 10.9 Å². The molecule has 0 unspecified atom stereocenters. The summed E-state index contributed by atoms with van der Waals surface area (Å²) in [4.78, 5) is 21.7. The van der Waals surface area contributed by atoms with Crippen molar-refractivity contribution in [1.82, 2.24) is 15.0 Å². The molecule has 8 nitrogen and oxygen atoms in total. The molecule has 0 fully saturated rings. The van der Waals surface area contributed by atoms with Crippen molar-refractivity contribution >= 4 is 11.7 Å². The summed E-state index contributed by atoms with van der Waals surface area (Å²) in [6.07, 6.45) is 0.574. The average Bonchev–Trinajstić information content (AvgIpc) is 2.89. The molecule has 0 spiro atoms. The highest BCUT2D eigenvalue weighted by molar-refractivity contribution is 5.88. The lowest BCUT2D eigenvalue weighted by Gasteiger charge is -2.05. The number of hydrogen-bond acceptors (Lipinski definition) is 6. The number of carbonyl (C=O) groups excluding carboxylic acids is 1. The van der Waals surface area contributed by atoms with E-state index in [0.29, 0.717) is 18.7 Å². The highest BCUT2D eigenvalue weighted by Crippen LogP contribution is 2.14. The summed E-state index contributed by atoms with van der Waals surface area (Å²) in [7, 11) is 1.29. The number of aromatic nitrogens is 3. The second kappa shape index (κ2) is 6.12. The van der Waals surface area contributed by atoms with Crippen LogP contribution in [0.1, 0.15) is 28.7 Å². The van der Waals surface area contributed by atoms with E-state index in [1.165, 1.54) is 19.2 Å². The van der Waals surface area contributed by atoms with E-state index in [2.05, 4.69) is 15.0 Å². The van der Waals surface area contributed by atoms with Crippen LogP contribution in [0.15, 0.2) is 24.3 Å². The Hall–Kier alpha value is -2.77. The van der Waals surface area contributed by atoms with E-state index in [-0.39, 0.29) is 11.4 Å². The van der Waals surface area contributed by atoms with E-state index in [4.69, 9.17) is 0 Å². The lowest BCUT2D eigenvalue weighted by Crippen LogP contribution is -2.09. The van der Waals surface area contributed by atoms with Gasteiger partial charge in [-0.1, -0.05) is 24.3 Å². The first kappa shape index (κ1) is 14.6. The lowest BCUT2D eigenvalue weighted by molar-refractivity contribution is -0.384. The summed E-state index contributed by atoms with van der Waals surface area (Å²) < 4.78 is 6.25. The SMILES string of the molecule is CCc1c(C(=O)OC)nnn1Cc1ccc([N+](=O)[O-])cc1. The largest absolute Gasteiger partial charge is 0.464 e. The molecule has 1 aromatic heterocycles. The van der Waals surface area contributed by atoms with Gasteiger partial charge < -0.3 is 4.74 Å². The molecule has 0 amide bonds. The van der Waals surface area contributed by atoms with Crippen molar-refractivity contribution in [3.8, 4) is 0 Å². The van der Waals surface area contributed by atoms with E-state index in [1.807, 2.05) is 6.92 Å². The normalized spacial score (nSPS) is 10.4.